The average Bonchev–Trinajstić information content (AvgIpc) is 3.45. The molecule has 1 unspecified atom stereocenters. The van der Waals surface area contributed by atoms with E-state index in [0.29, 0.717) is 43.2 Å². The predicted octanol–water partition coefficient (Wildman–Crippen LogP) is 2.04. The summed E-state index contributed by atoms with van der Waals surface area (Å²) in [5, 5.41) is 3.99. The zero-order valence-corrected chi connectivity index (χ0v) is 16.4. The molecule has 2 saturated heterocycles. The van der Waals surface area contributed by atoms with E-state index in [1.54, 1.807) is 29.5 Å². The smallest absolute Gasteiger partial charge is 0.254 e. The number of hydrogen-bond donors (Lipinski definition) is 0. The van der Waals surface area contributed by atoms with Crippen LogP contribution < -0.4 is 14.4 Å². The lowest BCUT2D eigenvalue weighted by atomic mass is 9.93. The number of rotatable bonds is 2. The molecule has 8 heteroatoms. The van der Waals surface area contributed by atoms with E-state index in [9.17, 15) is 9.59 Å². The zero-order chi connectivity index (χ0) is 19.3. The molecular weight excluding hydrogens is 378 g/mol. The minimum absolute atomic E-state index is 0.0115. The molecule has 146 valence electrons. The lowest BCUT2D eigenvalue weighted by Crippen LogP contribution is -2.64. The highest BCUT2D eigenvalue weighted by molar-refractivity contribution is 7.08. The molecule has 0 N–H and O–H groups in total. The number of carbonyl (C=O) groups excluding carboxylic acids is 2. The molecular formula is C20H21N3O4S. The Morgan fingerprint density at radius 1 is 1.18 bits per heavy atom. The van der Waals surface area contributed by atoms with E-state index in [-0.39, 0.29) is 24.1 Å². The molecule has 3 aliphatic heterocycles. The number of nitrogens with zero attached hydrogens (tertiary/aromatic N) is 3. The van der Waals surface area contributed by atoms with Gasteiger partial charge in [0.2, 0.25) is 12.7 Å². The molecule has 0 aliphatic carbocycles. The van der Waals surface area contributed by atoms with Gasteiger partial charge in [-0.15, -0.1) is 0 Å². The molecule has 3 aliphatic rings. The van der Waals surface area contributed by atoms with Crippen molar-refractivity contribution in [1.29, 1.82) is 0 Å². The maximum atomic E-state index is 13.1. The van der Waals surface area contributed by atoms with Crippen LogP contribution in [-0.4, -0.2) is 67.2 Å². The van der Waals surface area contributed by atoms with Crippen molar-refractivity contribution >= 4 is 28.8 Å². The first-order chi connectivity index (χ1) is 13.6. The summed E-state index contributed by atoms with van der Waals surface area (Å²) in [6, 6.07) is 7.30. The van der Waals surface area contributed by atoms with Gasteiger partial charge in [-0.2, -0.15) is 11.3 Å². The van der Waals surface area contributed by atoms with Crippen molar-refractivity contribution in [3.63, 3.8) is 0 Å². The fourth-order valence-corrected chi connectivity index (χ4v) is 4.93. The monoisotopic (exact) mass is 399 g/mol. The Bertz CT molecular complexity index is 932. The first-order valence-electron chi connectivity index (χ1n) is 9.28. The number of likely N-dealkylation sites (N-methyl/N-ethyl adjacent to an activating group) is 1. The molecule has 28 heavy (non-hydrogen) atoms. The zero-order valence-electron chi connectivity index (χ0n) is 15.6. The molecule has 2 aromatic rings. The number of anilines is 1. The van der Waals surface area contributed by atoms with Gasteiger partial charge in [0.1, 0.15) is 0 Å². The number of carbonyl (C=O) groups is 2. The number of ether oxygens (including phenoxy) is 2. The van der Waals surface area contributed by atoms with E-state index in [1.165, 1.54) is 0 Å². The molecule has 5 rings (SSSR count). The highest BCUT2D eigenvalue weighted by Gasteiger charge is 2.48. The number of piperazine rings is 1. The minimum Gasteiger partial charge on any atom is -0.454 e. The fraction of sp³-hybridized carbons (Fsp3) is 0.400. The lowest BCUT2D eigenvalue weighted by molar-refractivity contribution is -0.123. The van der Waals surface area contributed by atoms with Crippen LogP contribution in [0.5, 0.6) is 11.5 Å². The Kier molecular flexibility index (Phi) is 4.06. The maximum Gasteiger partial charge on any atom is 0.254 e. The van der Waals surface area contributed by atoms with E-state index >= 15 is 0 Å². The van der Waals surface area contributed by atoms with Gasteiger partial charge in [0.05, 0.1) is 17.8 Å². The summed E-state index contributed by atoms with van der Waals surface area (Å²) in [6.45, 7) is 2.43. The third-order valence-electron chi connectivity index (χ3n) is 5.99. The first kappa shape index (κ1) is 17.5. The van der Waals surface area contributed by atoms with E-state index in [1.807, 2.05) is 33.7 Å². The van der Waals surface area contributed by atoms with Crippen molar-refractivity contribution in [2.75, 3.05) is 44.9 Å². The summed E-state index contributed by atoms with van der Waals surface area (Å²) in [5.41, 5.74) is 1.33. The van der Waals surface area contributed by atoms with Crippen LogP contribution in [0.4, 0.5) is 5.69 Å². The van der Waals surface area contributed by atoms with Gasteiger partial charge < -0.3 is 19.3 Å². The van der Waals surface area contributed by atoms with Crippen LogP contribution in [0.15, 0.2) is 35.0 Å². The third-order valence-corrected chi connectivity index (χ3v) is 6.66. The normalized spacial score (nSPS) is 24.4. The van der Waals surface area contributed by atoms with Gasteiger partial charge in [-0.1, -0.05) is 0 Å². The van der Waals surface area contributed by atoms with Crippen molar-refractivity contribution in [2.45, 2.75) is 12.0 Å². The summed E-state index contributed by atoms with van der Waals surface area (Å²) >= 11 is 1.59. The minimum atomic E-state index is -0.220. The number of amides is 2. The molecule has 0 saturated carbocycles. The summed E-state index contributed by atoms with van der Waals surface area (Å²) in [7, 11) is 1.98. The van der Waals surface area contributed by atoms with E-state index in [0.717, 1.165) is 12.1 Å². The largest absolute Gasteiger partial charge is 0.454 e. The summed E-state index contributed by atoms with van der Waals surface area (Å²) in [5.74, 6) is 1.38. The Labute approximate surface area is 167 Å². The number of hydrogen-bond acceptors (Lipinski definition) is 6. The topological polar surface area (TPSA) is 62.3 Å². The van der Waals surface area contributed by atoms with Crippen LogP contribution >= 0.6 is 11.3 Å². The van der Waals surface area contributed by atoms with Gasteiger partial charge in [0.25, 0.3) is 5.91 Å². The number of benzene rings is 1. The van der Waals surface area contributed by atoms with E-state index < -0.39 is 0 Å². The van der Waals surface area contributed by atoms with E-state index in [2.05, 4.69) is 4.90 Å². The van der Waals surface area contributed by atoms with Gasteiger partial charge in [0.15, 0.2) is 11.5 Å². The van der Waals surface area contributed by atoms with Crippen LogP contribution in [0.2, 0.25) is 0 Å². The summed E-state index contributed by atoms with van der Waals surface area (Å²) in [6.07, 6.45) is 0.841. The Balaban J connectivity index is 1.36. The third kappa shape index (κ3) is 2.75. The number of fused-ring (bicyclic) bond motifs is 1. The molecule has 2 amide bonds. The fourth-order valence-electron chi connectivity index (χ4n) is 4.29. The first-order valence-corrected chi connectivity index (χ1v) is 10.2. The Morgan fingerprint density at radius 2 is 2.04 bits per heavy atom. The average molecular weight is 399 g/mol. The second kappa shape index (κ2) is 6.49. The Hall–Kier alpha value is -2.58. The highest BCUT2D eigenvalue weighted by atomic mass is 32.1. The van der Waals surface area contributed by atoms with Crippen LogP contribution in [0.3, 0.4) is 0 Å². The molecule has 0 radical (unpaired) electrons. The highest BCUT2D eigenvalue weighted by Crippen LogP contribution is 2.36. The second-order valence-electron chi connectivity index (χ2n) is 7.59. The molecule has 1 aromatic carbocycles. The summed E-state index contributed by atoms with van der Waals surface area (Å²) < 4.78 is 10.7. The molecule has 0 bridgehead atoms. The molecule has 2 fully saturated rings. The molecule has 1 spiro atoms. The van der Waals surface area contributed by atoms with Crippen LogP contribution in [0.25, 0.3) is 0 Å². The number of thiophene rings is 1. The quantitative estimate of drug-likeness (QED) is 0.773. The van der Waals surface area contributed by atoms with Crippen molar-refractivity contribution in [2.24, 2.45) is 0 Å². The van der Waals surface area contributed by atoms with Crippen molar-refractivity contribution in [1.82, 2.24) is 9.80 Å². The predicted molar refractivity (Wildman–Crippen MR) is 105 cm³/mol. The van der Waals surface area contributed by atoms with Gasteiger partial charge in [0, 0.05) is 30.6 Å². The van der Waals surface area contributed by atoms with Crippen molar-refractivity contribution in [3.05, 3.63) is 40.6 Å². The Morgan fingerprint density at radius 3 is 2.86 bits per heavy atom. The summed E-state index contributed by atoms with van der Waals surface area (Å²) in [4.78, 5) is 31.5. The number of likely N-dealkylation sites (tertiary alicyclic amines) is 1. The van der Waals surface area contributed by atoms with Crippen molar-refractivity contribution < 1.29 is 19.1 Å². The molecule has 7 nitrogen and oxygen atoms in total. The standard InChI is InChI=1S/C20H21N3O4S/c1-21-9-18(24)23(15-4-7-28-10-15)12-20(21)5-6-22(11-20)19(25)14-2-3-16-17(8-14)27-13-26-16/h2-4,7-8,10H,5-6,9,11-13H2,1H3. The van der Waals surface area contributed by atoms with Gasteiger partial charge in [-0.25, -0.2) is 0 Å². The van der Waals surface area contributed by atoms with Crippen molar-refractivity contribution in [3.8, 4) is 11.5 Å². The lowest BCUT2D eigenvalue weighted by Gasteiger charge is -2.46. The van der Waals surface area contributed by atoms with Crippen LogP contribution in [-0.2, 0) is 4.79 Å². The molecule has 1 atom stereocenters. The SMILES string of the molecule is CN1CC(=O)N(c2ccsc2)CC12CCN(C(=O)c1ccc3c(c1)OCO3)C2. The van der Waals surface area contributed by atoms with Gasteiger partial charge >= 0.3 is 0 Å². The van der Waals surface area contributed by atoms with Gasteiger partial charge in [-0.3, -0.25) is 14.5 Å². The molecule has 1 aromatic heterocycles. The van der Waals surface area contributed by atoms with Crippen LogP contribution in [0.1, 0.15) is 16.8 Å². The van der Waals surface area contributed by atoms with E-state index in [4.69, 9.17) is 9.47 Å². The van der Waals surface area contributed by atoms with Crippen LogP contribution in [0, 0.1) is 0 Å². The molecule has 4 heterocycles. The van der Waals surface area contributed by atoms with Gasteiger partial charge in [-0.05, 0) is 43.1 Å². The maximum absolute atomic E-state index is 13.1. The second-order valence-corrected chi connectivity index (χ2v) is 8.37.